The number of allylic oxidation sites excluding steroid dienone is 1. The van der Waals surface area contributed by atoms with E-state index >= 15 is 0 Å². The molecule has 1 fully saturated rings. The summed E-state index contributed by atoms with van der Waals surface area (Å²) in [6, 6.07) is 11.5. The summed E-state index contributed by atoms with van der Waals surface area (Å²) >= 11 is 0. The summed E-state index contributed by atoms with van der Waals surface area (Å²) < 4.78 is 10.8. The number of carbonyl (C=O) groups excluding carboxylic acids is 1. The number of nitro groups is 1. The highest BCUT2D eigenvalue weighted by atomic mass is 16.7. The van der Waals surface area contributed by atoms with Gasteiger partial charge in [-0.05, 0) is 25.3 Å². The molecule has 0 aliphatic heterocycles. The van der Waals surface area contributed by atoms with E-state index < -0.39 is 10.7 Å². The predicted octanol–water partition coefficient (Wildman–Crippen LogP) is 5.79. The summed E-state index contributed by atoms with van der Waals surface area (Å²) in [6.45, 7) is 1.94. The molecule has 0 saturated heterocycles. The molecule has 0 amide bonds. The first-order valence-electron chi connectivity index (χ1n) is 10.2. The van der Waals surface area contributed by atoms with Gasteiger partial charge in [0.2, 0.25) is 5.78 Å². The molecule has 0 N–H and O–H groups in total. The SMILES string of the molecule is COCOc1c(/C=C(\C)CC2CCCC2)ccc([N+](=O)[O-])c1C(=O)c1ccccc1. The number of nitro benzene ring substituents is 1. The summed E-state index contributed by atoms with van der Waals surface area (Å²) in [5.41, 5.74) is 1.85. The maximum atomic E-state index is 13.2. The monoisotopic (exact) mass is 409 g/mol. The van der Waals surface area contributed by atoms with Gasteiger partial charge in [0.1, 0.15) is 11.3 Å². The number of hydrogen-bond acceptors (Lipinski definition) is 5. The fourth-order valence-corrected chi connectivity index (χ4v) is 4.08. The lowest BCUT2D eigenvalue weighted by Crippen LogP contribution is -2.11. The Labute approximate surface area is 176 Å². The van der Waals surface area contributed by atoms with E-state index in [0.29, 0.717) is 17.0 Å². The topological polar surface area (TPSA) is 78.7 Å². The minimum absolute atomic E-state index is 0.0503. The maximum Gasteiger partial charge on any atom is 0.284 e. The predicted molar refractivity (Wildman–Crippen MR) is 116 cm³/mol. The second kappa shape index (κ2) is 10.2. The van der Waals surface area contributed by atoms with Gasteiger partial charge in [0.25, 0.3) is 5.69 Å². The van der Waals surface area contributed by atoms with Crippen LogP contribution in [0.4, 0.5) is 5.69 Å². The molecule has 0 unspecified atom stereocenters. The minimum Gasteiger partial charge on any atom is -0.466 e. The molecule has 0 radical (unpaired) electrons. The summed E-state index contributed by atoms with van der Waals surface area (Å²) in [4.78, 5) is 24.4. The Morgan fingerprint density at radius 2 is 1.87 bits per heavy atom. The lowest BCUT2D eigenvalue weighted by atomic mass is 9.94. The van der Waals surface area contributed by atoms with Crippen LogP contribution in [0.25, 0.3) is 6.08 Å². The van der Waals surface area contributed by atoms with E-state index in [4.69, 9.17) is 9.47 Å². The van der Waals surface area contributed by atoms with Crippen molar-refractivity contribution in [3.05, 3.63) is 74.8 Å². The Hall–Kier alpha value is -2.99. The lowest BCUT2D eigenvalue weighted by molar-refractivity contribution is -0.385. The first-order chi connectivity index (χ1) is 14.5. The number of rotatable bonds is 9. The van der Waals surface area contributed by atoms with Crippen molar-refractivity contribution >= 4 is 17.5 Å². The Balaban J connectivity index is 2.08. The van der Waals surface area contributed by atoms with Crippen molar-refractivity contribution in [2.45, 2.75) is 39.0 Å². The van der Waals surface area contributed by atoms with Gasteiger partial charge in [-0.1, -0.05) is 67.7 Å². The molecular weight excluding hydrogens is 382 g/mol. The molecule has 2 aromatic carbocycles. The third-order valence-corrected chi connectivity index (χ3v) is 5.43. The Morgan fingerprint density at radius 1 is 1.17 bits per heavy atom. The van der Waals surface area contributed by atoms with Crippen LogP contribution in [0.2, 0.25) is 0 Å². The van der Waals surface area contributed by atoms with Gasteiger partial charge >= 0.3 is 0 Å². The second-order valence-electron chi connectivity index (χ2n) is 7.73. The average molecular weight is 409 g/mol. The summed E-state index contributed by atoms with van der Waals surface area (Å²) in [6.07, 6.45) is 7.95. The van der Waals surface area contributed by atoms with Gasteiger partial charge < -0.3 is 9.47 Å². The Bertz CT molecular complexity index is 930. The van der Waals surface area contributed by atoms with Crippen LogP contribution in [-0.4, -0.2) is 24.6 Å². The zero-order chi connectivity index (χ0) is 21.5. The molecule has 1 aliphatic carbocycles. The molecule has 1 aliphatic rings. The third-order valence-electron chi connectivity index (χ3n) is 5.43. The van der Waals surface area contributed by atoms with Gasteiger partial charge in [-0.25, -0.2) is 0 Å². The number of hydrogen-bond donors (Lipinski definition) is 0. The summed E-state index contributed by atoms with van der Waals surface area (Å²) in [7, 11) is 1.47. The molecule has 0 heterocycles. The van der Waals surface area contributed by atoms with Gasteiger partial charge in [0, 0.05) is 24.3 Å². The minimum atomic E-state index is -0.547. The van der Waals surface area contributed by atoms with Crippen LogP contribution in [0.1, 0.15) is 60.5 Å². The highest BCUT2D eigenvalue weighted by Gasteiger charge is 2.28. The van der Waals surface area contributed by atoms with Crippen LogP contribution < -0.4 is 4.74 Å². The van der Waals surface area contributed by atoms with Gasteiger partial charge in [0.15, 0.2) is 6.79 Å². The van der Waals surface area contributed by atoms with Gasteiger partial charge in [0.05, 0.1) is 4.92 Å². The van der Waals surface area contributed by atoms with Gasteiger partial charge in [-0.2, -0.15) is 0 Å². The number of ether oxygens (including phenoxy) is 2. The highest BCUT2D eigenvalue weighted by Crippen LogP contribution is 2.37. The lowest BCUT2D eigenvalue weighted by Gasteiger charge is -2.15. The van der Waals surface area contributed by atoms with Crippen LogP contribution in [0.3, 0.4) is 0 Å². The fraction of sp³-hybridized carbons (Fsp3) is 0.375. The molecule has 0 spiro atoms. The van der Waals surface area contributed by atoms with Crippen LogP contribution in [-0.2, 0) is 4.74 Å². The van der Waals surface area contributed by atoms with E-state index in [1.807, 2.05) is 6.08 Å². The van der Waals surface area contributed by atoms with E-state index in [2.05, 4.69) is 6.92 Å². The normalized spacial score (nSPS) is 14.7. The van der Waals surface area contributed by atoms with Crippen molar-refractivity contribution in [2.24, 2.45) is 5.92 Å². The standard InChI is InChI=1S/C24H27NO5/c1-17(14-18-8-6-7-9-18)15-20-12-13-21(25(27)28)22(24(20)30-16-29-2)23(26)19-10-4-3-5-11-19/h3-5,10-13,15,18H,6-9,14,16H2,1-2H3/b17-15+. The van der Waals surface area contributed by atoms with Crippen LogP contribution in [0, 0.1) is 16.0 Å². The zero-order valence-corrected chi connectivity index (χ0v) is 17.4. The van der Waals surface area contributed by atoms with E-state index in [0.717, 1.165) is 12.0 Å². The van der Waals surface area contributed by atoms with Crippen LogP contribution >= 0.6 is 0 Å². The highest BCUT2D eigenvalue weighted by molar-refractivity contribution is 6.14. The molecule has 3 rings (SSSR count). The van der Waals surface area contributed by atoms with Crippen molar-refractivity contribution in [1.29, 1.82) is 0 Å². The van der Waals surface area contributed by atoms with Crippen molar-refractivity contribution in [2.75, 3.05) is 13.9 Å². The van der Waals surface area contributed by atoms with Crippen molar-refractivity contribution in [1.82, 2.24) is 0 Å². The fourth-order valence-electron chi connectivity index (χ4n) is 4.08. The van der Waals surface area contributed by atoms with E-state index in [-0.39, 0.29) is 23.8 Å². The summed E-state index contributed by atoms with van der Waals surface area (Å²) in [5, 5.41) is 11.7. The maximum absolute atomic E-state index is 13.2. The molecule has 6 nitrogen and oxygen atoms in total. The molecule has 2 aromatic rings. The first-order valence-corrected chi connectivity index (χ1v) is 10.2. The largest absolute Gasteiger partial charge is 0.466 e. The average Bonchev–Trinajstić information content (AvgIpc) is 3.25. The zero-order valence-electron chi connectivity index (χ0n) is 17.4. The number of nitrogens with zero attached hydrogens (tertiary/aromatic N) is 1. The van der Waals surface area contributed by atoms with E-state index in [1.54, 1.807) is 36.4 Å². The van der Waals surface area contributed by atoms with Crippen molar-refractivity contribution in [3.63, 3.8) is 0 Å². The molecule has 30 heavy (non-hydrogen) atoms. The summed E-state index contributed by atoms with van der Waals surface area (Å²) in [5.74, 6) is 0.413. The van der Waals surface area contributed by atoms with Crippen molar-refractivity contribution in [3.8, 4) is 5.75 Å². The van der Waals surface area contributed by atoms with Crippen LogP contribution in [0.15, 0.2) is 48.0 Å². The first kappa shape index (κ1) is 21.7. The molecule has 6 heteroatoms. The molecule has 158 valence electrons. The van der Waals surface area contributed by atoms with Crippen LogP contribution in [0.5, 0.6) is 5.75 Å². The van der Waals surface area contributed by atoms with Gasteiger partial charge in [-0.15, -0.1) is 0 Å². The molecular formula is C24H27NO5. The number of carbonyl (C=O) groups is 1. The smallest absolute Gasteiger partial charge is 0.284 e. The molecule has 0 atom stereocenters. The van der Waals surface area contributed by atoms with E-state index in [9.17, 15) is 14.9 Å². The molecule has 0 bridgehead atoms. The Kier molecular flexibility index (Phi) is 7.36. The van der Waals surface area contributed by atoms with Crippen molar-refractivity contribution < 1.29 is 19.2 Å². The number of benzene rings is 2. The molecule has 0 aromatic heterocycles. The quantitative estimate of drug-likeness (QED) is 0.227. The number of methoxy groups -OCH3 is 1. The third kappa shape index (κ3) is 5.13. The number of ketones is 1. The second-order valence-corrected chi connectivity index (χ2v) is 7.73. The Morgan fingerprint density at radius 3 is 2.50 bits per heavy atom. The molecule has 1 saturated carbocycles. The van der Waals surface area contributed by atoms with E-state index in [1.165, 1.54) is 38.9 Å². The van der Waals surface area contributed by atoms with Gasteiger partial charge in [-0.3, -0.25) is 14.9 Å².